The largest absolute Gasteiger partial charge is 0.310 e. The van der Waals surface area contributed by atoms with E-state index >= 15 is 0 Å². The van der Waals surface area contributed by atoms with Crippen LogP contribution in [0.3, 0.4) is 0 Å². The highest BCUT2D eigenvalue weighted by Crippen LogP contribution is 2.33. The zero-order valence-corrected chi connectivity index (χ0v) is 17.7. The Hall–Kier alpha value is -0.820. The van der Waals surface area contributed by atoms with Crippen molar-refractivity contribution in [3.63, 3.8) is 0 Å². The highest BCUT2D eigenvalue weighted by atomic mass is 32.2. The lowest BCUT2D eigenvalue weighted by atomic mass is 9.80. The van der Waals surface area contributed by atoms with Gasteiger partial charge in [0.1, 0.15) is 0 Å². The van der Waals surface area contributed by atoms with Crippen molar-refractivity contribution in [2.75, 3.05) is 6.61 Å². The second-order valence-corrected chi connectivity index (χ2v) is 8.00. The first-order valence-corrected chi connectivity index (χ1v) is 10.5. The minimum Gasteiger partial charge on any atom is -0.310 e. The van der Waals surface area contributed by atoms with E-state index < -0.39 is 0 Å². The van der Waals surface area contributed by atoms with Gasteiger partial charge in [0.05, 0.1) is 6.61 Å². The molecule has 0 aromatic heterocycles. The first-order valence-electron chi connectivity index (χ1n) is 9.73. The number of hydrogen-bond acceptors (Lipinski definition) is 2. The van der Waals surface area contributed by atoms with Gasteiger partial charge >= 0.3 is 0 Å². The highest BCUT2D eigenvalue weighted by molar-refractivity contribution is 7.94. The Morgan fingerprint density at radius 1 is 0.750 bits per heavy atom. The quantitative estimate of drug-likeness (QED) is 0.198. The summed E-state index contributed by atoms with van der Waals surface area (Å²) in [5, 5.41) is 0. The van der Waals surface area contributed by atoms with Crippen LogP contribution in [0.15, 0.2) is 35.2 Å². The zero-order chi connectivity index (χ0) is 16.2. The summed E-state index contributed by atoms with van der Waals surface area (Å²) >= 11 is 1.54. The Morgan fingerprint density at radius 3 is 1.89 bits per heavy atom. The van der Waals surface area contributed by atoms with Crippen molar-refractivity contribution in [3.8, 4) is 0 Å². The van der Waals surface area contributed by atoms with Crippen molar-refractivity contribution in [2.45, 2.75) is 82.4 Å². The summed E-state index contributed by atoms with van der Waals surface area (Å²) in [6.45, 7) is 3.21. The van der Waals surface area contributed by atoms with Gasteiger partial charge in [0, 0.05) is 16.9 Å². The molecule has 0 N–H and O–H groups in total. The Morgan fingerprint density at radius 2 is 1.29 bits per heavy atom. The third kappa shape index (κ3) is 15.1. The molecule has 2 rings (SSSR count). The first-order chi connectivity index (χ1) is 11.4. The molecule has 1 aromatic carbocycles. The van der Waals surface area contributed by atoms with Gasteiger partial charge in [0.15, 0.2) is 0 Å². The molecule has 0 amide bonds. The minimum atomic E-state index is 0. The van der Waals surface area contributed by atoms with Crippen molar-refractivity contribution in [1.82, 2.24) is 0 Å². The second kappa shape index (κ2) is 22.5. The Balaban J connectivity index is -0.000000576. The molecule has 0 spiro atoms. The summed E-state index contributed by atoms with van der Waals surface area (Å²) in [6.07, 6.45) is 15.7. The van der Waals surface area contributed by atoms with Gasteiger partial charge in [-0.2, -0.15) is 0 Å². The van der Waals surface area contributed by atoms with Gasteiger partial charge < -0.3 is 4.18 Å². The van der Waals surface area contributed by atoms with Crippen LogP contribution in [-0.2, 0) is 4.18 Å². The van der Waals surface area contributed by atoms with Crippen molar-refractivity contribution >= 4 is 12.0 Å². The van der Waals surface area contributed by atoms with Crippen molar-refractivity contribution < 1.29 is 27.7 Å². The second-order valence-electron chi connectivity index (χ2n) is 7.12. The van der Waals surface area contributed by atoms with E-state index in [1.807, 2.05) is 0 Å². The molecule has 1 nitrogen and oxygen atoms in total. The summed E-state index contributed by atoms with van der Waals surface area (Å²) in [4.78, 5) is 1.21. The van der Waals surface area contributed by atoms with Gasteiger partial charge in [-0.05, 0) is 36.8 Å². The van der Waals surface area contributed by atoms with Gasteiger partial charge in [-0.15, -0.1) is 0 Å². The van der Waals surface area contributed by atoms with Crippen LogP contribution in [0.2, 0.25) is 0 Å². The fourth-order valence-electron chi connectivity index (χ4n) is 3.57. The van der Waals surface area contributed by atoms with Gasteiger partial charge in [-0.1, -0.05) is 82.9 Å². The molecule has 1 saturated carbocycles. The van der Waals surface area contributed by atoms with Crippen molar-refractivity contribution in [3.05, 3.63) is 30.3 Å². The van der Waals surface area contributed by atoms with E-state index in [4.69, 9.17) is 4.18 Å². The summed E-state index contributed by atoms with van der Waals surface area (Å²) in [5.74, 6) is 1.78. The van der Waals surface area contributed by atoms with E-state index in [1.165, 1.54) is 87.6 Å². The highest BCUT2D eigenvalue weighted by Gasteiger charge is 2.21. The number of hydrogen-bond donors (Lipinski definition) is 0. The average molecular weight is 435 g/mol. The standard InChI is InChI=1S/C21H34OS.5FH/c1-2-3-4-5-6-8-11-19-14-16-20(17-15-19)18-22-23-21-12-9-7-10-13-21;;;;;/h7,9-10,12-13,19-20H,2-6,8,11,14-18H2,1H3;5*1H. The molecule has 28 heavy (non-hydrogen) atoms. The number of rotatable bonds is 11. The summed E-state index contributed by atoms with van der Waals surface area (Å²) in [6, 6.07) is 10.4. The lowest BCUT2D eigenvalue weighted by molar-refractivity contribution is 0.194. The van der Waals surface area contributed by atoms with Crippen molar-refractivity contribution in [2.24, 2.45) is 11.8 Å². The molecule has 7 heteroatoms. The molecule has 0 atom stereocenters. The molecule has 0 heterocycles. The normalized spacial score (nSPS) is 17.6. The molecule has 0 radical (unpaired) electrons. The van der Waals surface area contributed by atoms with Gasteiger partial charge in [-0.25, -0.2) is 0 Å². The topological polar surface area (TPSA) is 9.23 Å². The summed E-state index contributed by atoms with van der Waals surface area (Å²) in [7, 11) is 0. The van der Waals surface area contributed by atoms with E-state index in [0.29, 0.717) is 0 Å². The smallest absolute Gasteiger partial charge is 0.0646 e. The molecular weight excluding hydrogens is 395 g/mol. The summed E-state index contributed by atoms with van der Waals surface area (Å²) in [5.41, 5.74) is 0. The molecule has 0 saturated heterocycles. The van der Waals surface area contributed by atoms with E-state index in [9.17, 15) is 0 Å². The predicted molar refractivity (Wildman–Crippen MR) is 114 cm³/mol. The maximum Gasteiger partial charge on any atom is 0.0646 e. The Kier molecular flexibility index (Phi) is 27.8. The summed E-state index contributed by atoms with van der Waals surface area (Å²) < 4.78 is 5.85. The maximum absolute atomic E-state index is 5.85. The first kappa shape index (κ1) is 34.7. The lowest BCUT2D eigenvalue weighted by Gasteiger charge is -2.28. The van der Waals surface area contributed by atoms with Crippen LogP contribution in [0, 0.1) is 11.8 Å². The van der Waals surface area contributed by atoms with Crippen LogP contribution in [0.25, 0.3) is 0 Å². The van der Waals surface area contributed by atoms with Crippen LogP contribution in [0.5, 0.6) is 0 Å². The maximum atomic E-state index is 5.85. The Labute approximate surface area is 171 Å². The Bertz CT molecular complexity index is 403. The van der Waals surface area contributed by atoms with E-state index in [-0.39, 0.29) is 23.5 Å². The van der Waals surface area contributed by atoms with E-state index in [0.717, 1.165) is 18.4 Å². The minimum absolute atomic E-state index is 0. The van der Waals surface area contributed by atoms with Gasteiger partial charge in [-0.3, -0.25) is 23.5 Å². The van der Waals surface area contributed by atoms with Gasteiger partial charge in [0.2, 0.25) is 0 Å². The number of benzene rings is 1. The molecule has 170 valence electrons. The fraction of sp³-hybridized carbons (Fsp3) is 0.714. The van der Waals surface area contributed by atoms with E-state index in [2.05, 4.69) is 37.3 Å². The molecule has 1 fully saturated rings. The third-order valence-corrected chi connectivity index (χ3v) is 5.85. The van der Waals surface area contributed by atoms with Crippen LogP contribution < -0.4 is 0 Å². The van der Waals surface area contributed by atoms with Gasteiger partial charge in [0.25, 0.3) is 0 Å². The predicted octanol–water partition coefficient (Wildman–Crippen LogP) is 8.03. The van der Waals surface area contributed by atoms with Crippen LogP contribution in [0.1, 0.15) is 77.6 Å². The molecule has 1 aliphatic rings. The van der Waals surface area contributed by atoms with Crippen molar-refractivity contribution in [1.29, 1.82) is 0 Å². The molecule has 0 unspecified atom stereocenters. The number of halogens is 5. The molecule has 0 aliphatic heterocycles. The number of unbranched alkanes of at least 4 members (excludes halogenated alkanes) is 5. The van der Waals surface area contributed by atoms with E-state index in [1.54, 1.807) is 0 Å². The third-order valence-electron chi connectivity index (χ3n) is 5.13. The fourth-order valence-corrected chi connectivity index (χ4v) is 4.24. The monoisotopic (exact) mass is 434 g/mol. The zero-order valence-electron chi connectivity index (χ0n) is 16.9. The van der Waals surface area contributed by atoms with Crippen LogP contribution in [-0.4, -0.2) is 6.61 Å². The van der Waals surface area contributed by atoms with Crippen LogP contribution in [0.4, 0.5) is 23.5 Å². The molecule has 1 aromatic rings. The lowest BCUT2D eigenvalue weighted by Crippen LogP contribution is -2.17. The molecular formula is C21H39F5OS. The molecule has 1 aliphatic carbocycles. The SMILES string of the molecule is CCCCCCCCC1CCC(COSc2ccccc2)CC1.F.F.F.F.F. The molecule has 0 bridgehead atoms. The van der Waals surface area contributed by atoms with Crippen LogP contribution >= 0.6 is 12.0 Å². The average Bonchev–Trinajstić information content (AvgIpc) is 2.60.